The van der Waals surface area contributed by atoms with E-state index >= 15 is 0 Å². The van der Waals surface area contributed by atoms with Gasteiger partial charge in [-0.3, -0.25) is 9.48 Å². The molecule has 3 heterocycles. The summed E-state index contributed by atoms with van der Waals surface area (Å²) >= 11 is 2.83. The Morgan fingerprint density at radius 3 is 3.04 bits per heavy atom. The number of nitrogens with zero attached hydrogens (tertiary/aromatic N) is 4. The van der Waals surface area contributed by atoms with Crippen molar-refractivity contribution in [2.75, 3.05) is 6.54 Å². The highest BCUT2D eigenvalue weighted by Crippen LogP contribution is 2.23. The van der Waals surface area contributed by atoms with Crippen molar-refractivity contribution < 1.29 is 4.79 Å². The summed E-state index contributed by atoms with van der Waals surface area (Å²) in [5, 5.41) is 13.6. The van der Waals surface area contributed by atoms with Crippen LogP contribution in [-0.2, 0) is 13.0 Å². The zero-order valence-corrected chi connectivity index (χ0v) is 15.3. The Labute approximate surface area is 148 Å². The maximum absolute atomic E-state index is 12.3. The van der Waals surface area contributed by atoms with Crippen LogP contribution >= 0.6 is 22.9 Å². The highest BCUT2D eigenvalue weighted by atomic mass is 32.1. The Hall–Kier alpha value is -2.06. The van der Waals surface area contributed by atoms with E-state index in [0.717, 1.165) is 46.3 Å². The quantitative estimate of drug-likeness (QED) is 0.702. The van der Waals surface area contributed by atoms with Gasteiger partial charge in [-0.15, -0.1) is 16.4 Å². The number of hydrogen-bond acceptors (Lipinski definition) is 6. The SMILES string of the molecule is CCCc1nnsc1C(=O)NCCn1nc(-c2cccs2)cc1C. The van der Waals surface area contributed by atoms with Crippen molar-refractivity contribution in [2.45, 2.75) is 33.2 Å². The molecule has 0 spiro atoms. The third kappa shape index (κ3) is 3.70. The summed E-state index contributed by atoms with van der Waals surface area (Å²) in [5.74, 6) is -0.100. The van der Waals surface area contributed by atoms with Crippen LogP contribution in [0.3, 0.4) is 0 Å². The van der Waals surface area contributed by atoms with Crippen molar-refractivity contribution in [2.24, 2.45) is 0 Å². The second-order valence-corrected chi connectivity index (χ2v) is 7.13. The minimum Gasteiger partial charge on any atom is -0.349 e. The van der Waals surface area contributed by atoms with E-state index < -0.39 is 0 Å². The molecule has 1 N–H and O–H groups in total. The molecule has 6 nitrogen and oxygen atoms in total. The highest BCUT2D eigenvalue weighted by molar-refractivity contribution is 7.13. The summed E-state index contributed by atoms with van der Waals surface area (Å²) in [6.45, 7) is 5.25. The van der Waals surface area contributed by atoms with E-state index in [1.165, 1.54) is 0 Å². The zero-order valence-electron chi connectivity index (χ0n) is 13.7. The summed E-state index contributed by atoms with van der Waals surface area (Å²) in [7, 11) is 0. The van der Waals surface area contributed by atoms with Gasteiger partial charge in [0.2, 0.25) is 0 Å². The molecule has 0 bridgehead atoms. The van der Waals surface area contributed by atoms with E-state index in [1.54, 1.807) is 11.3 Å². The molecule has 0 aliphatic carbocycles. The molecule has 3 rings (SSSR count). The van der Waals surface area contributed by atoms with Crippen molar-refractivity contribution in [3.8, 4) is 10.6 Å². The van der Waals surface area contributed by atoms with Crippen LogP contribution in [-0.4, -0.2) is 31.8 Å². The minimum absolute atomic E-state index is 0.100. The van der Waals surface area contributed by atoms with Crippen molar-refractivity contribution in [3.63, 3.8) is 0 Å². The van der Waals surface area contributed by atoms with E-state index in [0.29, 0.717) is 18.0 Å². The third-order valence-corrected chi connectivity index (χ3v) is 5.27. The van der Waals surface area contributed by atoms with E-state index in [1.807, 2.05) is 23.1 Å². The Kier molecular flexibility index (Phi) is 5.37. The second kappa shape index (κ2) is 7.67. The lowest BCUT2D eigenvalue weighted by Crippen LogP contribution is -2.27. The lowest BCUT2D eigenvalue weighted by Gasteiger charge is -2.06. The molecule has 0 radical (unpaired) electrons. The number of carbonyl (C=O) groups excluding carboxylic acids is 1. The number of rotatable bonds is 7. The van der Waals surface area contributed by atoms with Crippen LogP contribution in [0.2, 0.25) is 0 Å². The van der Waals surface area contributed by atoms with Crippen molar-refractivity contribution in [1.82, 2.24) is 24.7 Å². The molecule has 0 aliphatic heterocycles. The van der Waals surface area contributed by atoms with Gasteiger partial charge < -0.3 is 5.32 Å². The van der Waals surface area contributed by atoms with Gasteiger partial charge in [0.05, 0.1) is 17.1 Å². The molecular weight excluding hydrogens is 342 g/mol. The monoisotopic (exact) mass is 361 g/mol. The first kappa shape index (κ1) is 16.8. The number of aromatic nitrogens is 4. The molecule has 1 amide bonds. The topological polar surface area (TPSA) is 72.7 Å². The van der Waals surface area contributed by atoms with Crippen LogP contribution in [0.4, 0.5) is 0 Å². The molecule has 3 aromatic heterocycles. The molecule has 3 aromatic rings. The summed E-state index contributed by atoms with van der Waals surface area (Å²) < 4.78 is 5.81. The fourth-order valence-corrected chi connectivity index (χ4v) is 3.72. The summed E-state index contributed by atoms with van der Waals surface area (Å²) in [6.07, 6.45) is 1.73. The zero-order chi connectivity index (χ0) is 16.9. The molecule has 24 heavy (non-hydrogen) atoms. The predicted molar refractivity (Wildman–Crippen MR) is 96.5 cm³/mol. The summed E-state index contributed by atoms with van der Waals surface area (Å²) in [4.78, 5) is 14.0. The Balaban J connectivity index is 1.58. The summed E-state index contributed by atoms with van der Waals surface area (Å²) in [6, 6.07) is 6.15. The lowest BCUT2D eigenvalue weighted by molar-refractivity contribution is 0.0954. The van der Waals surface area contributed by atoms with Crippen LogP contribution in [0.5, 0.6) is 0 Å². The summed E-state index contributed by atoms with van der Waals surface area (Å²) in [5.41, 5.74) is 2.85. The number of carbonyl (C=O) groups is 1. The fourth-order valence-electron chi connectivity index (χ4n) is 2.42. The van der Waals surface area contributed by atoms with Crippen LogP contribution in [0.15, 0.2) is 23.6 Å². The van der Waals surface area contributed by atoms with Gasteiger partial charge in [-0.05, 0) is 42.4 Å². The average Bonchev–Trinajstić information content (AvgIpc) is 3.29. The smallest absolute Gasteiger partial charge is 0.265 e. The average molecular weight is 361 g/mol. The highest BCUT2D eigenvalue weighted by Gasteiger charge is 2.15. The van der Waals surface area contributed by atoms with Gasteiger partial charge in [-0.1, -0.05) is 23.9 Å². The van der Waals surface area contributed by atoms with Crippen LogP contribution < -0.4 is 5.32 Å². The van der Waals surface area contributed by atoms with Gasteiger partial charge in [-0.25, -0.2) is 0 Å². The molecular formula is C16H19N5OS2. The van der Waals surface area contributed by atoms with E-state index in [2.05, 4.69) is 39.1 Å². The Bertz CT molecular complexity index is 806. The normalized spacial score (nSPS) is 10.9. The van der Waals surface area contributed by atoms with Crippen molar-refractivity contribution >= 4 is 28.8 Å². The molecule has 0 aliphatic rings. The molecule has 0 unspecified atom stereocenters. The molecule has 0 fully saturated rings. The van der Waals surface area contributed by atoms with Gasteiger partial charge in [0.15, 0.2) is 0 Å². The minimum atomic E-state index is -0.100. The first-order valence-electron chi connectivity index (χ1n) is 7.86. The molecule has 8 heteroatoms. The Morgan fingerprint density at radius 1 is 1.42 bits per heavy atom. The van der Waals surface area contributed by atoms with Crippen molar-refractivity contribution in [3.05, 3.63) is 39.8 Å². The van der Waals surface area contributed by atoms with Crippen LogP contribution in [0, 0.1) is 6.92 Å². The Morgan fingerprint density at radius 2 is 2.29 bits per heavy atom. The number of nitrogens with one attached hydrogen (secondary N) is 1. The van der Waals surface area contributed by atoms with Gasteiger partial charge in [0.25, 0.3) is 5.91 Å². The van der Waals surface area contributed by atoms with Gasteiger partial charge in [-0.2, -0.15) is 5.10 Å². The second-order valence-electron chi connectivity index (χ2n) is 5.43. The first-order valence-corrected chi connectivity index (χ1v) is 9.52. The maximum atomic E-state index is 12.3. The largest absolute Gasteiger partial charge is 0.349 e. The lowest BCUT2D eigenvalue weighted by atomic mass is 10.2. The standard InChI is InChI=1S/C16H19N5OS2/c1-3-5-12-15(24-20-18-12)16(22)17-7-8-21-11(2)10-13(19-21)14-6-4-9-23-14/h4,6,9-10H,3,5,7-8H2,1-2H3,(H,17,22). The van der Waals surface area contributed by atoms with E-state index in [9.17, 15) is 4.79 Å². The van der Waals surface area contributed by atoms with Crippen LogP contribution in [0.1, 0.15) is 34.4 Å². The van der Waals surface area contributed by atoms with Crippen molar-refractivity contribution in [1.29, 1.82) is 0 Å². The number of thiophene rings is 1. The number of aryl methyl sites for hydroxylation is 2. The third-order valence-electron chi connectivity index (χ3n) is 3.61. The van der Waals surface area contributed by atoms with Gasteiger partial charge in [0.1, 0.15) is 10.6 Å². The van der Waals surface area contributed by atoms with E-state index in [-0.39, 0.29) is 5.91 Å². The molecule has 0 atom stereocenters. The molecule has 0 aromatic carbocycles. The predicted octanol–water partition coefficient (Wildman–Crippen LogP) is 3.15. The molecule has 0 saturated carbocycles. The fraction of sp³-hybridized carbons (Fsp3) is 0.375. The number of amides is 1. The molecule has 126 valence electrons. The molecule has 0 saturated heterocycles. The first-order chi connectivity index (χ1) is 11.7. The van der Waals surface area contributed by atoms with Gasteiger partial charge >= 0.3 is 0 Å². The van der Waals surface area contributed by atoms with Gasteiger partial charge in [0, 0.05) is 12.2 Å². The van der Waals surface area contributed by atoms with Crippen LogP contribution in [0.25, 0.3) is 10.6 Å². The number of hydrogen-bond donors (Lipinski definition) is 1. The van der Waals surface area contributed by atoms with E-state index in [4.69, 9.17) is 0 Å². The maximum Gasteiger partial charge on any atom is 0.265 e.